The molecule has 0 N–H and O–H groups in total. The van der Waals surface area contributed by atoms with Gasteiger partial charge in [-0.3, -0.25) is 0 Å². The minimum atomic E-state index is 0.570. The summed E-state index contributed by atoms with van der Waals surface area (Å²) in [6.07, 6.45) is 8.47. The van der Waals surface area contributed by atoms with Crippen LogP contribution in [-0.4, -0.2) is 43.6 Å². The molecule has 0 amide bonds. The van der Waals surface area contributed by atoms with E-state index in [0.29, 0.717) is 5.41 Å². The van der Waals surface area contributed by atoms with Gasteiger partial charge >= 0.3 is 0 Å². The molecule has 2 aliphatic rings. The number of halogens is 1. The van der Waals surface area contributed by atoms with E-state index in [4.69, 9.17) is 4.74 Å². The van der Waals surface area contributed by atoms with Crippen molar-refractivity contribution in [3.8, 4) is 0 Å². The van der Waals surface area contributed by atoms with Crippen LogP contribution in [0.15, 0.2) is 0 Å². The summed E-state index contributed by atoms with van der Waals surface area (Å²) >= 11 is 3.77. The van der Waals surface area contributed by atoms with Gasteiger partial charge in [0.1, 0.15) is 0 Å². The standard InChI is InChI=1S/C14H26BrNO/c1-17-10-13-5-8-16(9-13)12-14(11-15)6-3-2-4-7-14/h13H,2-12H2,1H3. The van der Waals surface area contributed by atoms with Crippen molar-refractivity contribution in [1.82, 2.24) is 4.90 Å². The Hall–Kier alpha value is 0.400. The molecule has 0 aromatic rings. The highest BCUT2D eigenvalue weighted by Crippen LogP contribution is 2.39. The Morgan fingerprint density at radius 1 is 1.29 bits per heavy atom. The average Bonchev–Trinajstić information content (AvgIpc) is 2.78. The van der Waals surface area contributed by atoms with Crippen LogP contribution in [0.4, 0.5) is 0 Å². The highest BCUT2D eigenvalue weighted by Gasteiger charge is 2.35. The zero-order chi connectivity index (χ0) is 12.1. The van der Waals surface area contributed by atoms with Gasteiger partial charge in [0.05, 0.1) is 6.61 Å². The second-order valence-corrected chi connectivity index (χ2v) is 6.60. The molecule has 1 saturated heterocycles. The molecular weight excluding hydrogens is 278 g/mol. The first-order valence-corrected chi connectivity index (χ1v) is 8.17. The Morgan fingerprint density at radius 3 is 2.71 bits per heavy atom. The lowest BCUT2D eigenvalue weighted by atomic mass is 9.75. The van der Waals surface area contributed by atoms with Crippen molar-refractivity contribution >= 4 is 15.9 Å². The maximum atomic E-state index is 5.28. The maximum absolute atomic E-state index is 5.28. The van der Waals surface area contributed by atoms with Crippen LogP contribution in [0.5, 0.6) is 0 Å². The Bertz CT molecular complexity index is 228. The first-order valence-electron chi connectivity index (χ1n) is 7.05. The van der Waals surface area contributed by atoms with E-state index in [-0.39, 0.29) is 0 Å². The van der Waals surface area contributed by atoms with Crippen molar-refractivity contribution in [3.63, 3.8) is 0 Å². The zero-order valence-corrected chi connectivity index (χ0v) is 12.7. The molecule has 0 radical (unpaired) electrons. The minimum Gasteiger partial charge on any atom is -0.384 e. The maximum Gasteiger partial charge on any atom is 0.0503 e. The van der Waals surface area contributed by atoms with E-state index in [2.05, 4.69) is 20.8 Å². The fourth-order valence-electron chi connectivity index (χ4n) is 3.54. The van der Waals surface area contributed by atoms with Crippen molar-refractivity contribution in [1.29, 1.82) is 0 Å². The predicted molar refractivity (Wildman–Crippen MR) is 75.7 cm³/mol. The number of nitrogens with zero attached hydrogens (tertiary/aromatic N) is 1. The van der Waals surface area contributed by atoms with Gasteiger partial charge in [-0.25, -0.2) is 0 Å². The van der Waals surface area contributed by atoms with Crippen LogP contribution >= 0.6 is 15.9 Å². The molecule has 1 atom stereocenters. The van der Waals surface area contributed by atoms with Crippen molar-refractivity contribution < 1.29 is 4.74 Å². The lowest BCUT2D eigenvalue weighted by molar-refractivity contribution is 0.126. The number of hydrogen-bond donors (Lipinski definition) is 0. The molecule has 2 rings (SSSR count). The molecule has 1 saturated carbocycles. The van der Waals surface area contributed by atoms with Crippen molar-refractivity contribution in [2.45, 2.75) is 38.5 Å². The third-order valence-electron chi connectivity index (χ3n) is 4.53. The highest BCUT2D eigenvalue weighted by molar-refractivity contribution is 9.09. The second-order valence-electron chi connectivity index (χ2n) is 6.04. The number of alkyl halides is 1. The highest BCUT2D eigenvalue weighted by atomic mass is 79.9. The van der Waals surface area contributed by atoms with Gasteiger partial charge in [-0.05, 0) is 37.1 Å². The van der Waals surface area contributed by atoms with E-state index in [9.17, 15) is 0 Å². The summed E-state index contributed by atoms with van der Waals surface area (Å²) in [6, 6.07) is 0. The summed E-state index contributed by atoms with van der Waals surface area (Å²) in [5, 5.41) is 1.19. The van der Waals surface area contributed by atoms with Crippen LogP contribution in [0.1, 0.15) is 38.5 Å². The normalized spacial score (nSPS) is 29.6. The van der Waals surface area contributed by atoms with Crippen LogP contribution in [0.3, 0.4) is 0 Å². The Balaban J connectivity index is 1.83. The molecule has 1 aliphatic heterocycles. The smallest absolute Gasteiger partial charge is 0.0503 e. The van der Waals surface area contributed by atoms with Crippen molar-refractivity contribution in [2.24, 2.45) is 11.3 Å². The Kier molecular flexibility index (Phi) is 5.31. The fraction of sp³-hybridized carbons (Fsp3) is 1.00. The topological polar surface area (TPSA) is 12.5 Å². The van der Waals surface area contributed by atoms with E-state index in [0.717, 1.165) is 12.5 Å². The van der Waals surface area contributed by atoms with Gasteiger partial charge in [0.25, 0.3) is 0 Å². The van der Waals surface area contributed by atoms with E-state index in [1.807, 2.05) is 7.11 Å². The quantitative estimate of drug-likeness (QED) is 0.723. The number of rotatable bonds is 5. The molecule has 0 spiro atoms. The number of ether oxygens (including phenoxy) is 1. The van der Waals surface area contributed by atoms with Gasteiger partial charge in [-0.1, -0.05) is 35.2 Å². The lowest BCUT2D eigenvalue weighted by Crippen LogP contribution is -2.39. The first kappa shape index (κ1) is 13.8. The largest absolute Gasteiger partial charge is 0.384 e. The van der Waals surface area contributed by atoms with Gasteiger partial charge in [0.2, 0.25) is 0 Å². The number of methoxy groups -OCH3 is 1. The average molecular weight is 304 g/mol. The third-order valence-corrected chi connectivity index (χ3v) is 5.72. The predicted octanol–water partition coefficient (Wildman–Crippen LogP) is 3.30. The molecule has 2 fully saturated rings. The van der Waals surface area contributed by atoms with Crippen molar-refractivity contribution in [2.75, 3.05) is 38.7 Å². The molecule has 1 heterocycles. The van der Waals surface area contributed by atoms with Crippen molar-refractivity contribution in [3.05, 3.63) is 0 Å². The first-order chi connectivity index (χ1) is 8.28. The van der Waals surface area contributed by atoms with Gasteiger partial charge in [-0.15, -0.1) is 0 Å². The van der Waals surface area contributed by atoms with E-state index >= 15 is 0 Å². The van der Waals surface area contributed by atoms with E-state index < -0.39 is 0 Å². The molecule has 0 aromatic heterocycles. The Labute approximate surface area is 114 Å². The van der Waals surface area contributed by atoms with E-state index in [1.165, 1.54) is 63.5 Å². The lowest BCUT2D eigenvalue weighted by Gasteiger charge is -2.39. The minimum absolute atomic E-state index is 0.570. The molecule has 1 aliphatic carbocycles. The monoisotopic (exact) mass is 303 g/mol. The second kappa shape index (κ2) is 6.53. The van der Waals surface area contributed by atoms with E-state index in [1.54, 1.807) is 0 Å². The zero-order valence-electron chi connectivity index (χ0n) is 11.1. The van der Waals surface area contributed by atoms with Gasteiger partial charge in [0.15, 0.2) is 0 Å². The summed E-state index contributed by atoms with van der Waals surface area (Å²) in [6.45, 7) is 4.78. The molecule has 100 valence electrons. The third kappa shape index (κ3) is 3.68. The molecule has 0 bridgehead atoms. The summed E-state index contributed by atoms with van der Waals surface area (Å²) in [5.74, 6) is 0.774. The molecule has 2 nitrogen and oxygen atoms in total. The molecule has 0 aromatic carbocycles. The summed E-state index contributed by atoms with van der Waals surface area (Å²) in [7, 11) is 1.82. The van der Waals surface area contributed by atoms with Crippen LogP contribution in [0.25, 0.3) is 0 Å². The summed E-state index contributed by atoms with van der Waals surface area (Å²) in [4.78, 5) is 2.68. The van der Waals surface area contributed by atoms with Crippen LogP contribution in [-0.2, 0) is 4.74 Å². The van der Waals surface area contributed by atoms with Crippen LogP contribution in [0, 0.1) is 11.3 Å². The van der Waals surface area contributed by atoms with Crippen LogP contribution < -0.4 is 0 Å². The molecule has 17 heavy (non-hydrogen) atoms. The number of likely N-dealkylation sites (tertiary alicyclic amines) is 1. The SMILES string of the molecule is COCC1CCN(CC2(CBr)CCCCC2)C1. The van der Waals surface area contributed by atoms with Gasteiger partial charge < -0.3 is 9.64 Å². The summed E-state index contributed by atoms with van der Waals surface area (Å²) in [5.41, 5.74) is 0.570. The molecular formula is C14H26BrNO. The van der Waals surface area contributed by atoms with Gasteiger partial charge in [-0.2, -0.15) is 0 Å². The fourth-order valence-corrected chi connectivity index (χ4v) is 4.28. The number of hydrogen-bond acceptors (Lipinski definition) is 2. The van der Waals surface area contributed by atoms with Crippen LogP contribution in [0.2, 0.25) is 0 Å². The van der Waals surface area contributed by atoms with Gasteiger partial charge in [0, 0.05) is 25.5 Å². The Morgan fingerprint density at radius 2 is 2.06 bits per heavy atom. The molecule has 1 unspecified atom stereocenters. The molecule has 3 heteroatoms. The summed E-state index contributed by atoms with van der Waals surface area (Å²) < 4.78 is 5.28.